The van der Waals surface area contributed by atoms with E-state index in [2.05, 4.69) is 57.2 Å². The summed E-state index contributed by atoms with van der Waals surface area (Å²) in [6.07, 6.45) is 48.4. The minimum atomic E-state index is -0.776. The summed E-state index contributed by atoms with van der Waals surface area (Å²) < 4.78 is 16.7. The van der Waals surface area contributed by atoms with Gasteiger partial charge in [0.15, 0.2) is 6.10 Å². The van der Waals surface area contributed by atoms with Crippen molar-refractivity contribution in [3.8, 4) is 0 Å². The van der Waals surface area contributed by atoms with Gasteiger partial charge in [-0.05, 0) is 70.6 Å². The van der Waals surface area contributed by atoms with Crippen LogP contribution in [-0.4, -0.2) is 37.2 Å². The molecule has 6 nitrogen and oxygen atoms in total. The zero-order chi connectivity index (χ0) is 39.4. The Morgan fingerprint density at radius 3 is 1.17 bits per heavy atom. The van der Waals surface area contributed by atoms with E-state index in [9.17, 15) is 14.4 Å². The van der Waals surface area contributed by atoms with Crippen molar-refractivity contribution in [2.24, 2.45) is 0 Å². The largest absolute Gasteiger partial charge is 0.462 e. The molecule has 0 radical (unpaired) electrons. The quantitative estimate of drug-likeness (QED) is 0.0267. The van der Waals surface area contributed by atoms with Crippen LogP contribution in [0.5, 0.6) is 0 Å². The number of esters is 3. The Morgan fingerprint density at radius 2 is 0.722 bits per heavy atom. The molecule has 0 saturated heterocycles. The molecule has 0 saturated carbocycles. The molecular formula is C48H86O6. The van der Waals surface area contributed by atoms with Crippen LogP contribution in [0, 0.1) is 0 Å². The Morgan fingerprint density at radius 1 is 0.389 bits per heavy atom. The monoisotopic (exact) mass is 759 g/mol. The van der Waals surface area contributed by atoms with E-state index >= 15 is 0 Å². The summed E-state index contributed by atoms with van der Waals surface area (Å²) in [5.74, 6) is -0.901. The average molecular weight is 759 g/mol. The first-order valence-corrected chi connectivity index (χ1v) is 23.0. The lowest BCUT2D eigenvalue weighted by molar-refractivity contribution is -0.167. The van der Waals surface area contributed by atoms with Gasteiger partial charge in [-0.1, -0.05) is 179 Å². The first-order valence-electron chi connectivity index (χ1n) is 23.0. The highest BCUT2D eigenvalue weighted by atomic mass is 16.6. The maximum absolute atomic E-state index is 12.7. The van der Waals surface area contributed by atoms with Gasteiger partial charge in [0.05, 0.1) is 0 Å². The third-order valence-corrected chi connectivity index (χ3v) is 9.88. The molecule has 0 aromatic carbocycles. The molecule has 0 rings (SSSR count). The van der Waals surface area contributed by atoms with Crippen LogP contribution in [0.2, 0.25) is 0 Å². The molecule has 0 aliphatic heterocycles. The molecule has 1 unspecified atom stereocenters. The molecule has 0 aliphatic rings. The molecule has 1 atom stereocenters. The summed E-state index contributed by atoms with van der Waals surface area (Å²) >= 11 is 0. The zero-order valence-corrected chi connectivity index (χ0v) is 35.7. The highest BCUT2D eigenvalue weighted by Gasteiger charge is 2.19. The molecule has 6 heteroatoms. The predicted molar refractivity (Wildman–Crippen MR) is 229 cm³/mol. The predicted octanol–water partition coefficient (Wildman–Crippen LogP) is 14.6. The van der Waals surface area contributed by atoms with Crippen LogP contribution in [0.3, 0.4) is 0 Å². The molecule has 54 heavy (non-hydrogen) atoms. The summed E-state index contributed by atoms with van der Waals surface area (Å²) in [4.78, 5) is 37.7. The third-order valence-electron chi connectivity index (χ3n) is 9.88. The molecule has 0 bridgehead atoms. The zero-order valence-electron chi connectivity index (χ0n) is 35.7. The van der Waals surface area contributed by atoms with Crippen LogP contribution in [0.4, 0.5) is 0 Å². The maximum Gasteiger partial charge on any atom is 0.306 e. The van der Waals surface area contributed by atoms with E-state index in [1.54, 1.807) is 0 Å². The third kappa shape index (κ3) is 40.8. The molecule has 0 amide bonds. The lowest BCUT2D eigenvalue weighted by Crippen LogP contribution is -2.30. The van der Waals surface area contributed by atoms with Crippen molar-refractivity contribution >= 4 is 17.9 Å². The molecule has 0 aromatic rings. The van der Waals surface area contributed by atoms with Gasteiger partial charge in [-0.15, -0.1) is 0 Å². The van der Waals surface area contributed by atoms with Crippen molar-refractivity contribution in [2.75, 3.05) is 13.2 Å². The van der Waals surface area contributed by atoms with Gasteiger partial charge in [-0.25, -0.2) is 0 Å². The standard InChI is InChI=1S/C48H86O6/c1-4-7-10-13-16-19-22-25-28-31-34-37-40-46(49)52-43-45(54-48(51)42-39-36-33-30-27-24-21-18-15-12-9-6-3)44-53-47(50)41-38-35-32-29-26-23-20-17-14-11-8-5-2/h7,10,16,18-19,21,45H,4-6,8-9,11-15,17,20,22-44H2,1-3H3/b10-7-,19-16-,21-18-. The van der Waals surface area contributed by atoms with Gasteiger partial charge in [-0.2, -0.15) is 0 Å². The van der Waals surface area contributed by atoms with Gasteiger partial charge in [0.25, 0.3) is 0 Å². The Labute approximate surface area is 334 Å². The first kappa shape index (κ1) is 51.6. The molecule has 0 aromatic heterocycles. The first-order chi connectivity index (χ1) is 26.5. The van der Waals surface area contributed by atoms with Crippen LogP contribution in [0.15, 0.2) is 36.5 Å². The lowest BCUT2D eigenvalue weighted by Gasteiger charge is -2.18. The average Bonchev–Trinajstić information content (AvgIpc) is 3.17. The molecule has 0 fully saturated rings. The number of hydrogen-bond acceptors (Lipinski definition) is 6. The van der Waals surface area contributed by atoms with E-state index in [1.165, 1.54) is 96.3 Å². The summed E-state index contributed by atoms with van der Waals surface area (Å²) in [6, 6.07) is 0. The van der Waals surface area contributed by atoms with Crippen LogP contribution in [-0.2, 0) is 28.6 Å². The smallest absolute Gasteiger partial charge is 0.306 e. The number of carbonyl (C=O) groups excluding carboxylic acids is 3. The highest BCUT2D eigenvalue weighted by Crippen LogP contribution is 2.14. The Balaban J connectivity index is 4.39. The molecule has 0 spiro atoms. The number of unbranched alkanes of at least 4 members (excludes halogenated alkanes) is 24. The van der Waals surface area contributed by atoms with Crippen LogP contribution >= 0.6 is 0 Å². The van der Waals surface area contributed by atoms with E-state index in [0.29, 0.717) is 19.3 Å². The second kappa shape index (κ2) is 43.4. The van der Waals surface area contributed by atoms with Gasteiger partial charge in [-0.3, -0.25) is 14.4 Å². The Hall–Kier alpha value is -2.37. The fourth-order valence-corrected chi connectivity index (χ4v) is 6.41. The topological polar surface area (TPSA) is 78.9 Å². The SMILES string of the molecule is CC/C=C\C/C=C\CCCCCCCC(=O)OCC(COC(=O)CCCCCCCCCCCCCC)OC(=O)CCCCCCC/C=C\CCCCC. The molecule has 0 heterocycles. The van der Waals surface area contributed by atoms with E-state index in [4.69, 9.17) is 14.2 Å². The molecule has 314 valence electrons. The Kier molecular flexibility index (Phi) is 41.5. The summed E-state index contributed by atoms with van der Waals surface area (Å²) in [7, 11) is 0. The van der Waals surface area contributed by atoms with Crippen molar-refractivity contribution in [3.05, 3.63) is 36.5 Å². The normalized spacial score (nSPS) is 12.3. The molecule has 0 N–H and O–H groups in total. The van der Waals surface area contributed by atoms with Gasteiger partial charge in [0.2, 0.25) is 0 Å². The van der Waals surface area contributed by atoms with Crippen molar-refractivity contribution < 1.29 is 28.6 Å². The van der Waals surface area contributed by atoms with Crippen molar-refractivity contribution in [3.63, 3.8) is 0 Å². The summed E-state index contributed by atoms with van der Waals surface area (Å²) in [6.45, 7) is 6.48. The van der Waals surface area contributed by atoms with Crippen LogP contribution < -0.4 is 0 Å². The van der Waals surface area contributed by atoms with Crippen LogP contribution in [0.25, 0.3) is 0 Å². The van der Waals surface area contributed by atoms with E-state index in [0.717, 1.165) is 96.3 Å². The highest BCUT2D eigenvalue weighted by molar-refractivity contribution is 5.71. The van der Waals surface area contributed by atoms with Gasteiger partial charge in [0, 0.05) is 19.3 Å². The van der Waals surface area contributed by atoms with Gasteiger partial charge < -0.3 is 14.2 Å². The fraction of sp³-hybridized carbons (Fsp3) is 0.812. The van der Waals surface area contributed by atoms with E-state index in [-0.39, 0.29) is 31.1 Å². The second-order valence-corrected chi connectivity index (χ2v) is 15.3. The van der Waals surface area contributed by atoms with Gasteiger partial charge >= 0.3 is 17.9 Å². The minimum Gasteiger partial charge on any atom is -0.462 e. The Bertz CT molecular complexity index is 922. The second-order valence-electron chi connectivity index (χ2n) is 15.3. The van der Waals surface area contributed by atoms with Gasteiger partial charge in [0.1, 0.15) is 13.2 Å². The number of carbonyl (C=O) groups is 3. The fourth-order valence-electron chi connectivity index (χ4n) is 6.41. The molecular weight excluding hydrogens is 673 g/mol. The maximum atomic E-state index is 12.7. The summed E-state index contributed by atoms with van der Waals surface area (Å²) in [5.41, 5.74) is 0. The van der Waals surface area contributed by atoms with E-state index < -0.39 is 6.10 Å². The van der Waals surface area contributed by atoms with E-state index in [1.807, 2.05) is 0 Å². The van der Waals surface area contributed by atoms with Crippen molar-refractivity contribution in [2.45, 2.75) is 239 Å². The summed E-state index contributed by atoms with van der Waals surface area (Å²) in [5, 5.41) is 0. The molecule has 0 aliphatic carbocycles. The number of rotatable bonds is 41. The van der Waals surface area contributed by atoms with Crippen molar-refractivity contribution in [1.82, 2.24) is 0 Å². The number of allylic oxidation sites excluding steroid dienone is 6. The van der Waals surface area contributed by atoms with Crippen molar-refractivity contribution in [1.29, 1.82) is 0 Å². The van der Waals surface area contributed by atoms with Crippen LogP contribution in [0.1, 0.15) is 233 Å². The number of hydrogen-bond donors (Lipinski definition) is 0. The lowest BCUT2D eigenvalue weighted by atomic mass is 10.0. The minimum absolute atomic E-state index is 0.0780. The number of ether oxygens (including phenoxy) is 3.